The molecule has 2 saturated heterocycles. The molecule has 2 bridgehead atoms. The van der Waals surface area contributed by atoms with E-state index in [9.17, 15) is 14.4 Å². The molecular weight excluding hydrogens is 242 g/mol. The number of imide groups is 1. The third-order valence-electron chi connectivity index (χ3n) is 3.71. The zero-order chi connectivity index (χ0) is 13.0. The first kappa shape index (κ1) is 11.4. The second-order valence-corrected chi connectivity index (χ2v) is 4.58. The van der Waals surface area contributed by atoms with Crippen LogP contribution in [0.5, 0.6) is 0 Å². The summed E-state index contributed by atoms with van der Waals surface area (Å²) < 4.78 is 5.41. The Morgan fingerprint density at radius 1 is 1.28 bits per heavy atom. The average molecular weight is 253 g/mol. The van der Waals surface area contributed by atoms with Gasteiger partial charge in [-0.05, 0) is 0 Å². The van der Waals surface area contributed by atoms with Crippen LogP contribution in [0.1, 0.15) is 0 Å². The van der Waals surface area contributed by atoms with Gasteiger partial charge in [0, 0.05) is 0 Å². The molecule has 0 aromatic rings. The quantitative estimate of drug-likeness (QED) is 0.462. The van der Waals surface area contributed by atoms with E-state index < -0.39 is 54.5 Å². The second-order valence-electron chi connectivity index (χ2n) is 4.58. The number of carboxylic acid groups (broad SMARTS) is 1. The maximum absolute atomic E-state index is 12.1. The van der Waals surface area contributed by atoms with Crippen molar-refractivity contribution in [1.82, 2.24) is 4.90 Å². The van der Waals surface area contributed by atoms with Gasteiger partial charge in [0.2, 0.25) is 11.8 Å². The van der Waals surface area contributed by atoms with Crippen molar-refractivity contribution in [3.05, 3.63) is 12.2 Å². The minimum Gasteiger partial charge on any atom is -0.480 e. The topological polar surface area (TPSA) is 104 Å². The maximum atomic E-state index is 12.1. The molecule has 5 atom stereocenters. The summed E-state index contributed by atoms with van der Waals surface area (Å²) in [7, 11) is 0. The second kappa shape index (κ2) is 3.63. The molecule has 2 N–H and O–H groups in total. The lowest BCUT2D eigenvalue weighted by atomic mass is 9.85. The summed E-state index contributed by atoms with van der Waals surface area (Å²) >= 11 is 0. The van der Waals surface area contributed by atoms with Crippen LogP contribution in [-0.2, 0) is 19.1 Å². The Kier molecular flexibility index (Phi) is 2.29. The largest absolute Gasteiger partial charge is 0.480 e. The molecule has 0 aliphatic carbocycles. The van der Waals surface area contributed by atoms with Gasteiger partial charge in [0.25, 0.3) is 0 Å². The van der Waals surface area contributed by atoms with Crippen LogP contribution in [0.2, 0.25) is 0 Å². The Morgan fingerprint density at radius 3 is 2.17 bits per heavy atom. The number of aliphatic hydroxyl groups excluding tert-OH is 1. The number of carbonyl (C=O) groups excluding carboxylic acids is 2. The third kappa shape index (κ3) is 1.23. The highest BCUT2D eigenvalue weighted by Crippen LogP contribution is 2.45. The van der Waals surface area contributed by atoms with E-state index in [-0.39, 0.29) is 0 Å². The van der Waals surface area contributed by atoms with Crippen LogP contribution < -0.4 is 0 Å². The number of carbonyl (C=O) groups is 3. The molecule has 3 aliphatic heterocycles. The minimum absolute atomic E-state index is 0.449. The molecule has 3 heterocycles. The van der Waals surface area contributed by atoms with Gasteiger partial charge in [0.1, 0.15) is 0 Å². The van der Waals surface area contributed by atoms with Gasteiger partial charge in [-0.3, -0.25) is 14.5 Å². The van der Waals surface area contributed by atoms with Gasteiger partial charge < -0.3 is 14.9 Å². The lowest BCUT2D eigenvalue weighted by Gasteiger charge is -2.22. The van der Waals surface area contributed by atoms with Crippen LogP contribution in [0.15, 0.2) is 12.2 Å². The smallest absolute Gasteiger partial charge is 0.329 e. The summed E-state index contributed by atoms with van der Waals surface area (Å²) in [6.45, 7) is -0.782. The van der Waals surface area contributed by atoms with Gasteiger partial charge in [-0.25, -0.2) is 4.79 Å². The number of nitrogens with zero attached hydrogens (tertiary/aromatic N) is 1. The molecular formula is C11H11NO6. The first-order chi connectivity index (χ1) is 8.56. The zero-order valence-electron chi connectivity index (χ0n) is 9.22. The highest BCUT2D eigenvalue weighted by molar-refractivity contribution is 6.09. The van der Waals surface area contributed by atoms with E-state index in [4.69, 9.17) is 14.9 Å². The van der Waals surface area contributed by atoms with Gasteiger partial charge in [0.15, 0.2) is 6.04 Å². The Hall–Kier alpha value is -1.73. The maximum Gasteiger partial charge on any atom is 0.329 e. The summed E-state index contributed by atoms with van der Waals surface area (Å²) in [5, 5.41) is 18.0. The fourth-order valence-electron chi connectivity index (χ4n) is 2.90. The Labute approximate surface area is 102 Å². The number of hydrogen-bond acceptors (Lipinski definition) is 5. The van der Waals surface area contributed by atoms with Gasteiger partial charge in [-0.15, -0.1) is 0 Å². The van der Waals surface area contributed by atoms with Crippen molar-refractivity contribution in [2.24, 2.45) is 11.8 Å². The van der Waals surface area contributed by atoms with Crippen molar-refractivity contribution in [3.63, 3.8) is 0 Å². The van der Waals surface area contributed by atoms with E-state index in [1.807, 2.05) is 0 Å². The molecule has 7 heteroatoms. The summed E-state index contributed by atoms with van der Waals surface area (Å²) in [5.41, 5.74) is 0. The number of ether oxygens (including phenoxy) is 1. The molecule has 0 aromatic carbocycles. The monoisotopic (exact) mass is 253 g/mol. The van der Waals surface area contributed by atoms with Gasteiger partial charge in [-0.2, -0.15) is 0 Å². The number of amides is 2. The van der Waals surface area contributed by atoms with Crippen molar-refractivity contribution in [1.29, 1.82) is 0 Å². The molecule has 2 fully saturated rings. The number of fused-ring (bicyclic) bond motifs is 5. The van der Waals surface area contributed by atoms with Crippen LogP contribution in [0.25, 0.3) is 0 Å². The van der Waals surface area contributed by atoms with Crippen molar-refractivity contribution >= 4 is 17.8 Å². The molecule has 0 aromatic heterocycles. The third-order valence-corrected chi connectivity index (χ3v) is 3.71. The first-order valence-corrected chi connectivity index (χ1v) is 5.60. The number of hydrogen-bond donors (Lipinski definition) is 2. The number of aliphatic carboxylic acids is 1. The number of likely N-dealkylation sites (tertiary alicyclic amines) is 1. The standard InChI is InChI=1S/C11H11NO6/c13-3-4(11(16)17)12-9(14)7-5-1-2-6(18-5)8(7)10(12)15/h1-2,4-8,13H,3H2,(H,16,17). The van der Waals surface area contributed by atoms with Gasteiger partial charge in [-0.1, -0.05) is 12.2 Å². The van der Waals surface area contributed by atoms with Gasteiger partial charge >= 0.3 is 5.97 Å². The molecule has 5 unspecified atom stereocenters. The molecule has 3 rings (SSSR count). The fourth-order valence-corrected chi connectivity index (χ4v) is 2.90. The van der Waals surface area contributed by atoms with Crippen molar-refractivity contribution in [2.45, 2.75) is 18.2 Å². The molecule has 3 aliphatic rings. The minimum atomic E-state index is -1.50. The Balaban J connectivity index is 1.94. The van der Waals surface area contributed by atoms with Crippen molar-refractivity contribution < 1.29 is 29.3 Å². The van der Waals surface area contributed by atoms with E-state index in [0.29, 0.717) is 4.90 Å². The predicted octanol–water partition coefficient (Wildman–Crippen LogP) is -1.63. The first-order valence-electron chi connectivity index (χ1n) is 5.60. The lowest BCUT2D eigenvalue weighted by molar-refractivity contribution is -0.158. The van der Waals surface area contributed by atoms with E-state index in [0.717, 1.165) is 0 Å². The molecule has 18 heavy (non-hydrogen) atoms. The van der Waals surface area contributed by atoms with Crippen LogP contribution >= 0.6 is 0 Å². The summed E-state index contributed by atoms with van der Waals surface area (Å²) in [6, 6.07) is -1.50. The summed E-state index contributed by atoms with van der Waals surface area (Å²) in [5.74, 6) is -3.80. The van der Waals surface area contributed by atoms with Crippen molar-refractivity contribution in [3.8, 4) is 0 Å². The molecule has 96 valence electrons. The molecule has 2 amide bonds. The summed E-state index contributed by atoms with van der Waals surface area (Å²) in [4.78, 5) is 35.8. The van der Waals surface area contributed by atoms with Crippen LogP contribution in [-0.4, -0.2) is 57.8 Å². The van der Waals surface area contributed by atoms with Crippen LogP contribution in [0, 0.1) is 11.8 Å². The van der Waals surface area contributed by atoms with E-state index >= 15 is 0 Å². The molecule has 0 spiro atoms. The highest BCUT2D eigenvalue weighted by atomic mass is 16.5. The van der Waals surface area contributed by atoms with Crippen molar-refractivity contribution in [2.75, 3.05) is 6.61 Å². The molecule has 7 nitrogen and oxygen atoms in total. The zero-order valence-corrected chi connectivity index (χ0v) is 9.22. The van der Waals surface area contributed by atoms with E-state index in [1.165, 1.54) is 0 Å². The van der Waals surface area contributed by atoms with Crippen LogP contribution in [0.3, 0.4) is 0 Å². The van der Waals surface area contributed by atoms with Crippen LogP contribution in [0.4, 0.5) is 0 Å². The fraction of sp³-hybridized carbons (Fsp3) is 0.545. The van der Waals surface area contributed by atoms with Gasteiger partial charge in [0.05, 0.1) is 30.7 Å². The predicted molar refractivity (Wildman–Crippen MR) is 55.1 cm³/mol. The van der Waals surface area contributed by atoms with E-state index in [1.54, 1.807) is 12.2 Å². The SMILES string of the molecule is O=C(O)C(CO)N1C(=O)C2C3C=CC(O3)C2C1=O. The lowest BCUT2D eigenvalue weighted by Crippen LogP contribution is -2.48. The summed E-state index contributed by atoms with van der Waals surface area (Å²) in [6.07, 6.45) is 2.54. The van der Waals surface area contributed by atoms with E-state index in [2.05, 4.69) is 0 Å². The number of aliphatic hydroxyl groups is 1. The Morgan fingerprint density at radius 2 is 1.78 bits per heavy atom. The number of rotatable bonds is 3. The Bertz CT molecular complexity index is 442. The average Bonchev–Trinajstić information content (AvgIpc) is 2.98. The molecule has 0 radical (unpaired) electrons. The highest BCUT2D eigenvalue weighted by Gasteiger charge is 2.62. The normalized spacial score (nSPS) is 38.4. The molecule has 0 saturated carbocycles. The number of carboxylic acids is 1.